The molecule has 0 fully saturated rings. The van der Waals surface area contributed by atoms with E-state index in [0.29, 0.717) is 11.6 Å². The first-order valence-electron chi connectivity index (χ1n) is 7.55. The summed E-state index contributed by atoms with van der Waals surface area (Å²) in [4.78, 5) is 37.3. The Morgan fingerprint density at radius 2 is 1.88 bits per heavy atom. The van der Waals surface area contributed by atoms with Gasteiger partial charge in [0, 0.05) is 17.6 Å². The number of carbonyl (C=O) groups excluding carboxylic acids is 3. The van der Waals surface area contributed by atoms with Crippen molar-refractivity contribution in [3.8, 4) is 0 Å². The Hall–Kier alpha value is -1.79. The average Bonchev–Trinajstić information content (AvgIpc) is 2.49. The van der Waals surface area contributed by atoms with Gasteiger partial charge in [0.05, 0.1) is 23.7 Å². The van der Waals surface area contributed by atoms with Crippen LogP contribution in [0.1, 0.15) is 31.1 Å². The Bertz CT molecular complexity index is 621. The third-order valence-electron chi connectivity index (χ3n) is 3.09. The minimum absolute atomic E-state index is 0.00180. The fourth-order valence-electron chi connectivity index (χ4n) is 1.95. The van der Waals surface area contributed by atoms with Gasteiger partial charge in [-0.25, -0.2) is 0 Å². The molecule has 0 heterocycles. The molecule has 1 aromatic rings. The average molecular weight is 374 g/mol. The predicted molar refractivity (Wildman–Crippen MR) is 94.3 cm³/mol. The minimum Gasteiger partial charge on any atom is -0.352 e. The minimum atomic E-state index is -0.479. The van der Waals surface area contributed by atoms with Crippen LogP contribution in [0.25, 0.3) is 0 Å². The van der Waals surface area contributed by atoms with E-state index in [1.165, 1.54) is 17.0 Å². The molecule has 6 nitrogen and oxygen atoms in total. The van der Waals surface area contributed by atoms with Crippen LogP contribution in [-0.4, -0.2) is 48.3 Å². The zero-order valence-electron chi connectivity index (χ0n) is 13.9. The van der Waals surface area contributed by atoms with Crippen molar-refractivity contribution in [3.63, 3.8) is 0 Å². The summed E-state index contributed by atoms with van der Waals surface area (Å²) in [6.07, 6.45) is 0. The van der Waals surface area contributed by atoms with Gasteiger partial charge < -0.3 is 15.5 Å². The van der Waals surface area contributed by atoms with Crippen LogP contribution >= 0.6 is 23.2 Å². The van der Waals surface area contributed by atoms with Gasteiger partial charge in [-0.2, -0.15) is 0 Å². The van der Waals surface area contributed by atoms with Gasteiger partial charge in [-0.3, -0.25) is 14.4 Å². The van der Waals surface area contributed by atoms with Crippen molar-refractivity contribution in [2.24, 2.45) is 0 Å². The maximum atomic E-state index is 12.1. The summed E-state index contributed by atoms with van der Waals surface area (Å²) in [5.74, 6) is -1.07. The van der Waals surface area contributed by atoms with E-state index in [1.807, 2.05) is 13.8 Å². The zero-order chi connectivity index (χ0) is 18.3. The van der Waals surface area contributed by atoms with Gasteiger partial charge >= 0.3 is 0 Å². The lowest BCUT2D eigenvalue weighted by Crippen LogP contribution is -2.46. The summed E-state index contributed by atoms with van der Waals surface area (Å²) in [6, 6.07) is 4.48. The zero-order valence-corrected chi connectivity index (χ0v) is 15.4. The molecule has 0 aliphatic rings. The van der Waals surface area contributed by atoms with E-state index < -0.39 is 5.91 Å². The van der Waals surface area contributed by atoms with Gasteiger partial charge in [-0.15, -0.1) is 0 Å². The Morgan fingerprint density at radius 1 is 1.21 bits per heavy atom. The molecule has 0 atom stereocenters. The molecule has 24 heavy (non-hydrogen) atoms. The number of carbonyl (C=O) groups is 3. The quantitative estimate of drug-likeness (QED) is 0.767. The van der Waals surface area contributed by atoms with Crippen molar-refractivity contribution in [1.82, 2.24) is 15.5 Å². The fourth-order valence-corrected chi connectivity index (χ4v) is 2.45. The highest BCUT2D eigenvalue weighted by atomic mass is 35.5. The van der Waals surface area contributed by atoms with Crippen molar-refractivity contribution < 1.29 is 14.4 Å². The van der Waals surface area contributed by atoms with Crippen LogP contribution in [0.15, 0.2) is 18.2 Å². The van der Waals surface area contributed by atoms with Crippen LogP contribution < -0.4 is 10.6 Å². The Balaban J connectivity index is 2.59. The van der Waals surface area contributed by atoms with Gasteiger partial charge in [0.15, 0.2) is 0 Å². The second-order valence-corrected chi connectivity index (χ2v) is 6.28. The van der Waals surface area contributed by atoms with Gasteiger partial charge in [0.2, 0.25) is 11.8 Å². The van der Waals surface area contributed by atoms with Crippen molar-refractivity contribution in [2.75, 3.05) is 19.6 Å². The van der Waals surface area contributed by atoms with Crippen LogP contribution in [-0.2, 0) is 9.59 Å². The molecule has 1 aromatic carbocycles. The lowest BCUT2D eigenvalue weighted by Gasteiger charge is -2.21. The molecule has 3 amide bonds. The first-order chi connectivity index (χ1) is 11.2. The smallest absolute Gasteiger partial charge is 0.253 e. The van der Waals surface area contributed by atoms with E-state index in [-0.39, 0.29) is 41.5 Å². The van der Waals surface area contributed by atoms with Gasteiger partial charge in [-0.05, 0) is 39.0 Å². The maximum Gasteiger partial charge on any atom is 0.253 e. The van der Waals surface area contributed by atoms with Crippen LogP contribution in [0.4, 0.5) is 0 Å². The molecular formula is C16H21Cl2N3O3. The highest BCUT2D eigenvalue weighted by Crippen LogP contribution is 2.20. The molecule has 2 N–H and O–H groups in total. The number of hydrogen-bond donors (Lipinski definition) is 2. The first kappa shape index (κ1) is 20.3. The monoisotopic (exact) mass is 373 g/mol. The normalized spacial score (nSPS) is 10.4. The summed E-state index contributed by atoms with van der Waals surface area (Å²) in [5.41, 5.74) is 0.231. The van der Waals surface area contributed by atoms with E-state index in [0.717, 1.165) is 0 Å². The van der Waals surface area contributed by atoms with E-state index in [4.69, 9.17) is 23.2 Å². The molecular weight excluding hydrogens is 353 g/mol. The molecule has 0 aromatic heterocycles. The summed E-state index contributed by atoms with van der Waals surface area (Å²) in [5, 5.41) is 5.84. The van der Waals surface area contributed by atoms with E-state index >= 15 is 0 Å². The fraction of sp³-hybridized carbons (Fsp3) is 0.438. The number of benzene rings is 1. The lowest BCUT2D eigenvalue weighted by atomic mass is 10.2. The topological polar surface area (TPSA) is 78.5 Å². The lowest BCUT2D eigenvalue weighted by molar-refractivity contribution is -0.135. The van der Waals surface area contributed by atoms with Crippen LogP contribution in [0.3, 0.4) is 0 Å². The number of hydrogen-bond acceptors (Lipinski definition) is 3. The molecule has 132 valence electrons. The van der Waals surface area contributed by atoms with Crippen molar-refractivity contribution >= 4 is 40.9 Å². The number of rotatable bonds is 7. The van der Waals surface area contributed by atoms with E-state index in [2.05, 4.69) is 10.6 Å². The molecule has 8 heteroatoms. The molecule has 0 aliphatic heterocycles. The molecule has 1 rings (SSSR count). The number of halogens is 2. The van der Waals surface area contributed by atoms with Crippen LogP contribution in [0.5, 0.6) is 0 Å². The van der Waals surface area contributed by atoms with Gasteiger partial charge in [-0.1, -0.05) is 23.2 Å². The third-order valence-corrected chi connectivity index (χ3v) is 3.64. The Labute approximate surface area is 151 Å². The van der Waals surface area contributed by atoms with Crippen LogP contribution in [0, 0.1) is 0 Å². The predicted octanol–water partition coefficient (Wildman–Crippen LogP) is 2.10. The number of nitrogens with zero attached hydrogens (tertiary/aromatic N) is 1. The van der Waals surface area contributed by atoms with Gasteiger partial charge in [0.1, 0.15) is 0 Å². The summed E-state index contributed by atoms with van der Waals surface area (Å²) in [7, 11) is 0. The summed E-state index contributed by atoms with van der Waals surface area (Å²) >= 11 is 11.7. The maximum absolute atomic E-state index is 12.1. The molecule has 0 aliphatic carbocycles. The highest BCUT2D eigenvalue weighted by molar-refractivity contribution is 6.36. The molecule has 0 unspecified atom stereocenters. The second kappa shape index (κ2) is 9.49. The van der Waals surface area contributed by atoms with Gasteiger partial charge in [0.25, 0.3) is 5.91 Å². The molecule has 0 saturated carbocycles. The van der Waals surface area contributed by atoms with Crippen molar-refractivity contribution in [3.05, 3.63) is 33.8 Å². The standard InChI is InChI=1S/C16H21Cl2N3O3/c1-4-21(9-14(22)20-10(2)3)15(23)8-19-16(24)12-6-5-11(17)7-13(12)18/h5-7,10H,4,8-9H2,1-3H3,(H,19,24)(H,20,22). The largest absolute Gasteiger partial charge is 0.352 e. The number of amides is 3. The molecule has 0 radical (unpaired) electrons. The molecule has 0 saturated heterocycles. The molecule has 0 spiro atoms. The summed E-state index contributed by atoms with van der Waals surface area (Å²) < 4.78 is 0. The van der Waals surface area contributed by atoms with Crippen molar-refractivity contribution in [2.45, 2.75) is 26.8 Å². The van der Waals surface area contributed by atoms with E-state index in [1.54, 1.807) is 13.0 Å². The Kier molecular flexibility index (Phi) is 8.01. The second-order valence-electron chi connectivity index (χ2n) is 5.44. The first-order valence-corrected chi connectivity index (χ1v) is 8.30. The number of nitrogens with one attached hydrogen (secondary N) is 2. The van der Waals surface area contributed by atoms with Crippen LogP contribution in [0.2, 0.25) is 10.0 Å². The Morgan fingerprint density at radius 3 is 2.42 bits per heavy atom. The molecule has 0 bridgehead atoms. The van der Waals surface area contributed by atoms with E-state index in [9.17, 15) is 14.4 Å². The SMILES string of the molecule is CCN(CC(=O)NC(C)C)C(=O)CNC(=O)c1ccc(Cl)cc1Cl. The summed E-state index contributed by atoms with van der Waals surface area (Å²) in [6.45, 7) is 5.53. The number of likely N-dealkylation sites (N-methyl/N-ethyl adjacent to an activating group) is 1. The third kappa shape index (κ3) is 6.37. The van der Waals surface area contributed by atoms with Crippen molar-refractivity contribution in [1.29, 1.82) is 0 Å². The highest BCUT2D eigenvalue weighted by Gasteiger charge is 2.18.